The summed E-state index contributed by atoms with van der Waals surface area (Å²) < 4.78 is 38.3. The SMILES string of the molecule is Cc1ccc2sc(NC(=O)CCCS(=O)(=O)c3ccc(F)cc3)nc2c1C. The van der Waals surface area contributed by atoms with E-state index in [1.165, 1.54) is 23.5 Å². The molecule has 0 atom stereocenters. The number of halogens is 1. The highest BCUT2D eigenvalue weighted by molar-refractivity contribution is 7.91. The van der Waals surface area contributed by atoms with Gasteiger partial charge >= 0.3 is 0 Å². The molecule has 0 radical (unpaired) electrons. The van der Waals surface area contributed by atoms with E-state index >= 15 is 0 Å². The van der Waals surface area contributed by atoms with Crippen molar-refractivity contribution in [2.45, 2.75) is 31.6 Å². The van der Waals surface area contributed by atoms with Crippen LogP contribution < -0.4 is 5.32 Å². The van der Waals surface area contributed by atoms with Crippen LogP contribution in [0.15, 0.2) is 41.3 Å². The van der Waals surface area contributed by atoms with Gasteiger partial charge in [0.2, 0.25) is 5.91 Å². The van der Waals surface area contributed by atoms with Crippen LogP contribution in [-0.2, 0) is 14.6 Å². The lowest BCUT2D eigenvalue weighted by Gasteiger charge is -2.04. The highest BCUT2D eigenvalue weighted by Crippen LogP contribution is 2.29. The third-order valence-corrected chi connectivity index (χ3v) is 7.07. The maximum Gasteiger partial charge on any atom is 0.226 e. The normalized spacial score (nSPS) is 11.7. The van der Waals surface area contributed by atoms with Gasteiger partial charge in [-0.05, 0) is 61.7 Å². The minimum absolute atomic E-state index is 0.0568. The first-order chi connectivity index (χ1) is 12.8. The van der Waals surface area contributed by atoms with Gasteiger partial charge in [0.25, 0.3) is 0 Å². The lowest BCUT2D eigenvalue weighted by atomic mass is 10.1. The van der Waals surface area contributed by atoms with Gasteiger partial charge < -0.3 is 5.32 Å². The van der Waals surface area contributed by atoms with Crippen molar-refractivity contribution < 1.29 is 17.6 Å². The average Bonchev–Trinajstić information content (AvgIpc) is 3.01. The van der Waals surface area contributed by atoms with Gasteiger partial charge in [-0.25, -0.2) is 17.8 Å². The zero-order valence-corrected chi connectivity index (χ0v) is 16.6. The number of carbonyl (C=O) groups is 1. The second-order valence-electron chi connectivity index (χ2n) is 6.30. The number of aryl methyl sites for hydroxylation is 2. The lowest BCUT2D eigenvalue weighted by molar-refractivity contribution is -0.116. The van der Waals surface area contributed by atoms with Crippen LogP contribution in [0.25, 0.3) is 10.2 Å². The molecule has 0 spiro atoms. The molecule has 0 unspecified atom stereocenters. The number of rotatable bonds is 6. The maximum atomic E-state index is 12.9. The van der Waals surface area contributed by atoms with Gasteiger partial charge in [0.15, 0.2) is 15.0 Å². The Kier molecular flexibility index (Phi) is 5.57. The van der Waals surface area contributed by atoms with Crippen molar-refractivity contribution in [3.05, 3.63) is 53.3 Å². The van der Waals surface area contributed by atoms with Crippen molar-refractivity contribution in [2.75, 3.05) is 11.1 Å². The van der Waals surface area contributed by atoms with E-state index in [0.29, 0.717) is 5.13 Å². The molecule has 0 aliphatic carbocycles. The van der Waals surface area contributed by atoms with Crippen molar-refractivity contribution in [1.82, 2.24) is 4.98 Å². The number of aromatic nitrogens is 1. The van der Waals surface area contributed by atoms with Crippen LogP contribution >= 0.6 is 11.3 Å². The van der Waals surface area contributed by atoms with Gasteiger partial charge in [-0.2, -0.15) is 0 Å². The number of sulfone groups is 1. The van der Waals surface area contributed by atoms with E-state index in [2.05, 4.69) is 10.3 Å². The smallest absolute Gasteiger partial charge is 0.226 e. The zero-order valence-electron chi connectivity index (χ0n) is 15.0. The Bertz CT molecular complexity index is 1090. The molecule has 0 fully saturated rings. The van der Waals surface area contributed by atoms with Crippen LogP contribution in [-0.4, -0.2) is 25.1 Å². The van der Waals surface area contributed by atoms with E-state index in [1.807, 2.05) is 26.0 Å². The van der Waals surface area contributed by atoms with Gasteiger partial charge in [-0.3, -0.25) is 4.79 Å². The molecule has 1 heterocycles. The quantitative estimate of drug-likeness (QED) is 0.621. The molecule has 0 saturated heterocycles. The first-order valence-electron chi connectivity index (χ1n) is 8.41. The third-order valence-electron chi connectivity index (χ3n) is 4.32. The Morgan fingerprint density at radius 1 is 1.15 bits per heavy atom. The molecule has 2 aromatic carbocycles. The van der Waals surface area contributed by atoms with Crippen LogP contribution in [0.2, 0.25) is 0 Å². The molecule has 0 saturated carbocycles. The van der Waals surface area contributed by atoms with E-state index in [9.17, 15) is 17.6 Å². The number of hydrogen-bond donors (Lipinski definition) is 1. The first-order valence-corrected chi connectivity index (χ1v) is 10.9. The van der Waals surface area contributed by atoms with E-state index in [-0.39, 0.29) is 29.4 Å². The number of amides is 1. The largest absolute Gasteiger partial charge is 0.302 e. The fraction of sp³-hybridized carbons (Fsp3) is 0.263. The summed E-state index contributed by atoms with van der Waals surface area (Å²) in [4.78, 5) is 16.6. The van der Waals surface area contributed by atoms with Gasteiger partial charge in [-0.1, -0.05) is 17.4 Å². The molecular weight excluding hydrogens is 387 g/mol. The summed E-state index contributed by atoms with van der Waals surface area (Å²) >= 11 is 1.39. The number of fused-ring (bicyclic) bond motifs is 1. The van der Waals surface area contributed by atoms with Gasteiger partial charge in [0.1, 0.15) is 5.82 Å². The molecule has 0 bridgehead atoms. The van der Waals surface area contributed by atoms with Crippen molar-refractivity contribution in [3.63, 3.8) is 0 Å². The summed E-state index contributed by atoms with van der Waals surface area (Å²) in [6.07, 6.45) is 0.239. The molecule has 1 amide bonds. The summed E-state index contributed by atoms with van der Waals surface area (Å²) in [7, 11) is -3.54. The zero-order chi connectivity index (χ0) is 19.6. The highest BCUT2D eigenvalue weighted by Gasteiger charge is 2.16. The Morgan fingerprint density at radius 2 is 1.85 bits per heavy atom. The average molecular weight is 407 g/mol. The summed E-state index contributed by atoms with van der Waals surface area (Å²) in [5, 5.41) is 3.24. The minimum atomic E-state index is -3.54. The highest BCUT2D eigenvalue weighted by atomic mass is 32.2. The van der Waals surface area contributed by atoms with Crippen molar-refractivity contribution in [2.24, 2.45) is 0 Å². The predicted molar refractivity (Wildman–Crippen MR) is 105 cm³/mol. The number of nitrogens with one attached hydrogen (secondary N) is 1. The van der Waals surface area contributed by atoms with Crippen LogP contribution in [0.3, 0.4) is 0 Å². The minimum Gasteiger partial charge on any atom is -0.302 e. The van der Waals surface area contributed by atoms with Crippen LogP contribution in [0.4, 0.5) is 9.52 Å². The molecule has 3 rings (SSSR count). The van der Waals surface area contributed by atoms with Gasteiger partial charge in [0.05, 0.1) is 20.9 Å². The van der Waals surface area contributed by atoms with Crippen molar-refractivity contribution >= 4 is 42.4 Å². The molecule has 8 heteroatoms. The predicted octanol–water partition coefficient (Wildman–Crippen LogP) is 4.24. The molecule has 142 valence electrons. The number of hydrogen-bond acceptors (Lipinski definition) is 5. The van der Waals surface area contributed by atoms with E-state index in [0.717, 1.165) is 33.5 Å². The number of nitrogens with zero attached hydrogens (tertiary/aromatic N) is 1. The monoisotopic (exact) mass is 406 g/mol. The number of anilines is 1. The molecule has 0 aliphatic rings. The fourth-order valence-corrected chi connectivity index (χ4v) is 4.90. The summed E-state index contributed by atoms with van der Waals surface area (Å²) in [6, 6.07) is 8.67. The second kappa shape index (κ2) is 7.74. The molecule has 0 aliphatic heterocycles. The molecular formula is C19H19FN2O3S2. The summed E-state index contributed by atoms with van der Waals surface area (Å²) in [5.74, 6) is -0.947. The van der Waals surface area contributed by atoms with Gasteiger partial charge in [0, 0.05) is 6.42 Å². The Balaban J connectivity index is 1.58. The third kappa shape index (κ3) is 4.51. The molecule has 3 aromatic rings. The molecule has 5 nitrogen and oxygen atoms in total. The fourth-order valence-electron chi connectivity index (χ4n) is 2.64. The molecule has 27 heavy (non-hydrogen) atoms. The summed E-state index contributed by atoms with van der Waals surface area (Å²) in [6.45, 7) is 4.00. The number of thiazole rings is 1. The molecule has 1 aromatic heterocycles. The van der Waals surface area contributed by atoms with Crippen molar-refractivity contribution in [3.8, 4) is 0 Å². The second-order valence-corrected chi connectivity index (χ2v) is 9.44. The lowest BCUT2D eigenvalue weighted by Crippen LogP contribution is -2.14. The van der Waals surface area contributed by atoms with Gasteiger partial charge in [-0.15, -0.1) is 0 Å². The van der Waals surface area contributed by atoms with Crippen LogP contribution in [0.1, 0.15) is 24.0 Å². The van der Waals surface area contributed by atoms with E-state index in [4.69, 9.17) is 0 Å². The van der Waals surface area contributed by atoms with Crippen LogP contribution in [0.5, 0.6) is 0 Å². The Morgan fingerprint density at radius 3 is 2.56 bits per heavy atom. The van der Waals surface area contributed by atoms with E-state index < -0.39 is 15.7 Å². The summed E-state index contributed by atoms with van der Waals surface area (Å²) in [5.41, 5.74) is 3.08. The molecule has 1 N–H and O–H groups in total. The van der Waals surface area contributed by atoms with Crippen LogP contribution in [0, 0.1) is 19.7 Å². The number of benzene rings is 2. The topological polar surface area (TPSA) is 76.1 Å². The van der Waals surface area contributed by atoms with E-state index in [1.54, 1.807) is 0 Å². The number of carbonyl (C=O) groups excluding carboxylic acids is 1. The Hall–Kier alpha value is -2.32. The Labute approximate surface area is 161 Å². The first kappa shape index (κ1) is 19.4. The standard InChI is InChI=1S/C19H19FN2O3S2/c1-12-5-10-16-18(13(12)2)22-19(26-16)21-17(23)4-3-11-27(24,25)15-8-6-14(20)7-9-15/h5-10H,3-4,11H2,1-2H3,(H,21,22,23). The maximum absolute atomic E-state index is 12.9. The van der Waals surface area contributed by atoms with Crippen molar-refractivity contribution in [1.29, 1.82) is 0 Å².